The minimum atomic E-state index is -0.407. The average molecular weight is 330 g/mol. The molecule has 0 atom stereocenters. The molecule has 4 N–H and O–H groups in total. The molecule has 1 saturated carbocycles. The molecule has 4 nitrogen and oxygen atoms in total. The highest BCUT2D eigenvalue weighted by molar-refractivity contribution is 9.10. The first-order chi connectivity index (χ1) is 8.90. The molecular formula is C13H17BrFN3O. The van der Waals surface area contributed by atoms with Gasteiger partial charge in [0.2, 0.25) is 0 Å². The monoisotopic (exact) mass is 329 g/mol. The van der Waals surface area contributed by atoms with Crippen molar-refractivity contribution in [2.45, 2.75) is 18.9 Å². The number of benzene rings is 1. The third-order valence-corrected chi connectivity index (χ3v) is 4.28. The molecule has 2 rings (SSSR count). The molecule has 0 spiro atoms. The normalized spacial score (nSPS) is 21.9. The highest BCUT2D eigenvalue weighted by Crippen LogP contribution is 2.32. The van der Waals surface area contributed by atoms with Crippen LogP contribution in [0.2, 0.25) is 0 Å². The van der Waals surface area contributed by atoms with Gasteiger partial charge in [0.05, 0.1) is 16.3 Å². The van der Waals surface area contributed by atoms with Crippen molar-refractivity contribution in [3.05, 3.63) is 28.0 Å². The summed E-state index contributed by atoms with van der Waals surface area (Å²) in [6, 6.07) is 3.27. The first-order valence-electron chi connectivity index (χ1n) is 6.11. The standard InChI is InChI=1S/C13H17BrFN3O/c1-18(6-7-4-8(19)5-7)10-3-2-9(13(16)17)11(14)12(10)15/h2-3,7-8,19H,4-6H2,1H3,(H3,16,17). The maximum absolute atomic E-state index is 14.2. The lowest BCUT2D eigenvalue weighted by Gasteiger charge is -2.35. The summed E-state index contributed by atoms with van der Waals surface area (Å²) >= 11 is 3.14. The zero-order valence-corrected chi connectivity index (χ0v) is 12.2. The van der Waals surface area contributed by atoms with Crippen molar-refractivity contribution in [1.29, 1.82) is 5.41 Å². The quantitative estimate of drug-likeness (QED) is 0.585. The number of aliphatic hydroxyl groups is 1. The van der Waals surface area contributed by atoms with Gasteiger partial charge in [-0.2, -0.15) is 0 Å². The maximum atomic E-state index is 14.2. The number of nitrogens with one attached hydrogen (secondary N) is 1. The topological polar surface area (TPSA) is 73.3 Å². The Morgan fingerprint density at radius 2 is 2.21 bits per heavy atom. The molecule has 0 saturated heterocycles. The Morgan fingerprint density at radius 1 is 1.58 bits per heavy atom. The van der Waals surface area contributed by atoms with Gasteiger partial charge in [-0.05, 0) is 46.8 Å². The van der Waals surface area contributed by atoms with E-state index in [-0.39, 0.29) is 16.4 Å². The van der Waals surface area contributed by atoms with Gasteiger partial charge in [-0.3, -0.25) is 5.41 Å². The Bertz CT molecular complexity index is 503. The second-order valence-electron chi connectivity index (χ2n) is 5.05. The Balaban J connectivity index is 2.16. The number of hydrogen-bond donors (Lipinski definition) is 3. The van der Waals surface area contributed by atoms with Gasteiger partial charge in [0.1, 0.15) is 5.84 Å². The molecule has 0 bridgehead atoms. The smallest absolute Gasteiger partial charge is 0.161 e. The van der Waals surface area contributed by atoms with Gasteiger partial charge < -0.3 is 15.7 Å². The summed E-state index contributed by atoms with van der Waals surface area (Å²) in [5.41, 5.74) is 6.21. The SMILES string of the molecule is CN(CC1CC(O)C1)c1ccc(C(=N)N)c(Br)c1F. The molecular weight excluding hydrogens is 313 g/mol. The van der Waals surface area contributed by atoms with E-state index >= 15 is 0 Å². The fraction of sp³-hybridized carbons (Fsp3) is 0.462. The number of hydrogen-bond acceptors (Lipinski definition) is 3. The van der Waals surface area contributed by atoms with E-state index in [1.165, 1.54) is 0 Å². The van der Waals surface area contributed by atoms with Crippen LogP contribution < -0.4 is 10.6 Å². The van der Waals surface area contributed by atoms with E-state index < -0.39 is 5.82 Å². The molecule has 1 aromatic carbocycles. The lowest BCUT2D eigenvalue weighted by Crippen LogP contribution is -2.37. The van der Waals surface area contributed by atoms with Crippen LogP contribution in [0.25, 0.3) is 0 Å². The van der Waals surface area contributed by atoms with Crippen molar-refractivity contribution >= 4 is 27.5 Å². The molecule has 0 aliphatic heterocycles. The molecule has 1 aliphatic rings. The zero-order chi connectivity index (χ0) is 14.2. The average Bonchev–Trinajstić information content (AvgIpc) is 2.29. The van der Waals surface area contributed by atoms with E-state index in [9.17, 15) is 9.50 Å². The summed E-state index contributed by atoms with van der Waals surface area (Å²) in [5, 5.41) is 16.6. The summed E-state index contributed by atoms with van der Waals surface area (Å²) in [6.45, 7) is 0.708. The van der Waals surface area contributed by atoms with Crippen LogP contribution in [0.4, 0.5) is 10.1 Å². The number of aliphatic hydroxyl groups excluding tert-OH is 1. The van der Waals surface area contributed by atoms with Crippen LogP contribution in [0.3, 0.4) is 0 Å². The number of halogens is 2. The minimum Gasteiger partial charge on any atom is -0.393 e. The van der Waals surface area contributed by atoms with Crippen LogP contribution in [-0.2, 0) is 0 Å². The molecule has 0 heterocycles. The summed E-state index contributed by atoms with van der Waals surface area (Å²) in [7, 11) is 1.82. The first kappa shape index (κ1) is 14.3. The van der Waals surface area contributed by atoms with Gasteiger partial charge in [-0.25, -0.2) is 4.39 Å². The summed E-state index contributed by atoms with van der Waals surface area (Å²) < 4.78 is 14.5. The molecule has 0 radical (unpaired) electrons. The Kier molecular flexibility index (Phi) is 4.10. The number of rotatable bonds is 4. The third-order valence-electron chi connectivity index (χ3n) is 3.51. The second-order valence-corrected chi connectivity index (χ2v) is 5.84. The van der Waals surface area contributed by atoms with Crippen molar-refractivity contribution in [2.75, 3.05) is 18.5 Å². The molecule has 0 aromatic heterocycles. The van der Waals surface area contributed by atoms with Gasteiger partial charge in [-0.1, -0.05) is 0 Å². The van der Waals surface area contributed by atoms with Crippen molar-refractivity contribution in [3.8, 4) is 0 Å². The molecule has 1 fully saturated rings. The molecule has 19 heavy (non-hydrogen) atoms. The molecule has 1 aromatic rings. The van der Waals surface area contributed by atoms with Crippen LogP contribution in [0, 0.1) is 17.1 Å². The number of nitrogens with two attached hydrogens (primary N) is 1. The molecule has 104 valence electrons. The van der Waals surface area contributed by atoms with Crippen LogP contribution in [0.1, 0.15) is 18.4 Å². The highest BCUT2D eigenvalue weighted by Gasteiger charge is 2.28. The molecule has 6 heteroatoms. The first-order valence-corrected chi connectivity index (χ1v) is 6.91. The lowest BCUT2D eigenvalue weighted by atomic mass is 9.82. The van der Waals surface area contributed by atoms with E-state index in [4.69, 9.17) is 11.1 Å². The summed E-state index contributed by atoms with van der Waals surface area (Å²) in [4.78, 5) is 1.83. The predicted octanol–water partition coefficient (Wildman–Crippen LogP) is 2.08. The predicted molar refractivity (Wildman–Crippen MR) is 77.1 cm³/mol. The number of anilines is 1. The number of amidine groups is 1. The van der Waals surface area contributed by atoms with E-state index in [2.05, 4.69) is 15.9 Å². The summed E-state index contributed by atoms with van der Waals surface area (Å²) in [5.74, 6) is -0.164. The molecule has 0 unspecified atom stereocenters. The number of nitrogens with zero attached hydrogens (tertiary/aromatic N) is 1. The Labute approximate surface area is 120 Å². The van der Waals surface area contributed by atoms with Gasteiger partial charge in [0.15, 0.2) is 5.82 Å². The van der Waals surface area contributed by atoms with E-state index in [1.807, 2.05) is 11.9 Å². The van der Waals surface area contributed by atoms with Crippen molar-refractivity contribution in [2.24, 2.45) is 11.7 Å². The minimum absolute atomic E-state index is 0.165. The second kappa shape index (κ2) is 5.46. The fourth-order valence-electron chi connectivity index (χ4n) is 2.38. The van der Waals surface area contributed by atoms with Gasteiger partial charge in [-0.15, -0.1) is 0 Å². The van der Waals surface area contributed by atoms with Crippen LogP contribution in [0.15, 0.2) is 16.6 Å². The molecule has 0 amide bonds. The highest BCUT2D eigenvalue weighted by atomic mass is 79.9. The molecule has 1 aliphatic carbocycles. The van der Waals surface area contributed by atoms with Crippen molar-refractivity contribution in [1.82, 2.24) is 0 Å². The fourth-order valence-corrected chi connectivity index (χ4v) is 2.93. The maximum Gasteiger partial charge on any atom is 0.161 e. The van der Waals surface area contributed by atoms with Gasteiger partial charge in [0, 0.05) is 19.2 Å². The van der Waals surface area contributed by atoms with E-state index in [1.54, 1.807) is 12.1 Å². The van der Waals surface area contributed by atoms with Gasteiger partial charge in [0.25, 0.3) is 0 Å². The van der Waals surface area contributed by atoms with Gasteiger partial charge >= 0.3 is 0 Å². The van der Waals surface area contributed by atoms with Crippen molar-refractivity contribution in [3.63, 3.8) is 0 Å². The van der Waals surface area contributed by atoms with Crippen LogP contribution in [-0.4, -0.2) is 30.6 Å². The van der Waals surface area contributed by atoms with Crippen molar-refractivity contribution < 1.29 is 9.50 Å². The Morgan fingerprint density at radius 3 is 2.74 bits per heavy atom. The van der Waals surface area contributed by atoms with E-state index in [0.29, 0.717) is 23.7 Å². The van der Waals surface area contributed by atoms with E-state index in [0.717, 1.165) is 12.8 Å². The third kappa shape index (κ3) is 2.90. The largest absolute Gasteiger partial charge is 0.393 e. The summed E-state index contributed by atoms with van der Waals surface area (Å²) in [6.07, 6.45) is 1.35. The van der Waals surface area contributed by atoms with Crippen LogP contribution >= 0.6 is 15.9 Å². The zero-order valence-electron chi connectivity index (χ0n) is 10.7. The van der Waals surface area contributed by atoms with Crippen LogP contribution in [0.5, 0.6) is 0 Å². The lowest BCUT2D eigenvalue weighted by molar-refractivity contribution is 0.0464. The Hall–Kier alpha value is -1.14. The number of nitrogen functional groups attached to an aromatic ring is 1.